The molecule has 1 rings (SSSR count). The molecule has 1 aromatic rings. The van der Waals surface area contributed by atoms with Crippen LogP contribution in [0.25, 0.3) is 0 Å². The highest BCUT2D eigenvalue weighted by atomic mass is 79.9. The number of nitrogens with zero attached hydrogens (tertiary/aromatic N) is 1. The Balaban J connectivity index is 3.33. The van der Waals surface area contributed by atoms with E-state index in [9.17, 15) is 13.6 Å². The molecule has 0 aliphatic carbocycles. The number of aromatic carboxylic acids is 1. The van der Waals surface area contributed by atoms with Gasteiger partial charge < -0.3 is 5.11 Å². The molecular formula is C6H2BrF2NO2. The zero-order valence-corrected chi connectivity index (χ0v) is 7.10. The second-order valence-electron chi connectivity index (χ2n) is 1.90. The van der Waals surface area contributed by atoms with Gasteiger partial charge in [0.1, 0.15) is 5.56 Å². The van der Waals surface area contributed by atoms with Gasteiger partial charge in [0.2, 0.25) is 11.9 Å². The monoisotopic (exact) mass is 237 g/mol. The quantitative estimate of drug-likeness (QED) is 0.759. The largest absolute Gasteiger partial charge is 0.478 e. The van der Waals surface area contributed by atoms with Crippen LogP contribution in [0.3, 0.4) is 0 Å². The van der Waals surface area contributed by atoms with Crippen molar-refractivity contribution >= 4 is 21.9 Å². The number of hydrogen-bond acceptors (Lipinski definition) is 2. The molecule has 0 radical (unpaired) electrons. The number of hydrogen-bond donors (Lipinski definition) is 1. The van der Waals surface area contributed by atoms with Crippen molar-refractivity contribution in [1.29, 1.82) is 0 Å². The van der Waals surface area contributed by atoms with Crippen LogP contribution in [0.1, 0.15) is 10.4 Å². The minimum atomic E-state index is -1.49. The summed E-state index contributed by atoms with van der Waals surface area (Å²) in [5.41, 5.74) is -0.664. The molecule has 6 heteroatoms. The zero-order chi connectivity index (χ0) is 9.30. The van der Waals surface area contributed by atoms with Gasteiger partial charge in [-0.2, -0.15) is 13.8 Å². The fourth-order valence-electron chi connectivity index (χ4n) is 0.596. The Morgan fingerprint density at radius 3 is 2.58 bits per heavy atom. The number of halogens is 3. The Morgan fingerprint density at radius 2 is 2.08 bits per heavy atom. The van der Waals surface area contributed by atoms with E-state index in [2.05, 4.69) is 20.9 Å². The van der Waals surface area contributed by atoms with Gasteiger partial charge in [0.05, 0.1) is 4.47 Å². The van der Waals surface area contributed by atoms with E-state index >= 15 is 0 Å². The molecule has 1 aromatic heterocycles. The first kappa shape index (κ1) is 9.05. The Labute approximate surface area is 74.2 Å². The summed E-state index contributed by atoms with van der Waals surface area (Å²) < 4.78 is 24.8. The average Bonchev–Trinajstić information content (AvgIpc) is 1.96. The maximum Gasteiger partial charge on any atom is 0.340 e. The van der Waals surface area contributed by atoms with E-state index < -0.39 is 23.4 Å². The van der Waals surface area contributed by atoms with Crippen molar-refractivity contribution in [2.45, 2.75) is 0 Å². The van der Waals surface area contributed by atoms with Gasteiger partial charge in [-0.1, -0.05) is 0 Å². The maximum absolute atomic E-state index is 12.5. The number of carboxylic acids is 1. The number of carboxylic acid groups (broad SMARTS) is 1. The maximum atomic E-state index is 12.5. The van der Waals surface area contributed by atoms with Crippen molar-refractivity contribution in [1.82, 2.24) is 4.98 Å². The molecular weight excluding hydrogens is 236 g/mol. The predicted molar refractivity (Wildman–Crippen MR) is 38.8 cm³/mol. The number of rotatable bonds is 1. The van der Waals surface area contributed by atoms with Crippen LogP contribution in [0.4, 0.5) is 8.78 Å². The van der Waals surface area contributed by atoms with E-state index in [1.165, 1.54) is 0 Å². The van der Waals surface area contributed by atoms with Crippen molar-refractivity contribution in [2.24, 2.45) is 0 Å². The van der Waals surface area contributed by atoms with Crippen molar-refractivity contribution < 1.29 is 18.7 Å². The van der Waals surface area contributed by atoms with E-state index in [1.54, 1.807) is 0 Å². The highest BCUT2D eigenvalue weighted by Gasteiger charge is 2.14. The molecule has 0 atom stereocenters. The summed E-state index contributed by atoms with van der Waals surface area (Å²) in [6, 6.07) is 0.819. The number of aromatic nitrogens is 1. The highest BCUT2D eigenvalue weighted by molar-refractivity contribution is 9.10. The normalized spacial score (nSPS) is 9.92. The molecule has 0 aromatic carbocycles. The summed E-state index contributed by atoms with van der Waals surface area (Å²) in [4.78, 5) is 13.0. The third-order valence-corrected chi connectivity index (χ3v) is 1.67. The van der Waals surface area contributed by atoms with Gasteiger partial charge in [-0.15, -0.1) is 0 Å². The standard InChI is InChI=1S/C6H2BrF2NO2/c7-3-1-2(6(11)12)4(8)10-5(3)9/h1H,(H,11,12). The van der Waals surface area contributed by atoms with Gasteiger partial charge in [0.25, 0.3) is 0 Å². The average molecular weight is 238 g/mol. The Hall–Kier alpha value is -1.04. The molecule has 12 heavy (non-hydrogen) atoms. The lowest BCUT2D eigenvalue weighted by Crippen LogP contribution is -2.04. The molecule has 0 saturated carbocycles. The molecule has 0 unspecified atom stereocenters. The van der Waals surface area contributed by atoms with Crippen molar-refractivity contribution in [3.63, 3.8) is 0 Å². The highest BCUT2D eigenvalue weighted by Crippen LogP contribution is 2.16. The fourth-order valence-corrected chi connectivity index (χ4v) is 0.913. The summed E-state index contributed by atoms with van der Waals surface area (Å²) in [6.45, 7) is 0. The first-order valence-corrected chi connectivity index (χ1v) is 3.56. The van der Waals surface area contributed by atoms with E-state index in [4.69, 9.17) is 5.11 Å². The summed E-state index contributed by atoms with van der Waals surface area (Å²) in [5.74, 6) is -3.89. The molecule has 0 fully saturated rings. The van der Waals surface area contributed by atoms with E-state index in [0.29, 0.717) is 0 Å². The van der Waals surface area contributed by atoms with Crippen LogP contribution in [0.15, 0.2) is 10.5 Å². The summed E-state index contributed by atoms with van der Waals surface area (Å²) in [7, 11) is 0. The first-order chi connectivity index (χ1) is 5.52. The van der Waals surface area contributed by atoms with Crippen molar-refractivity contribution in [3.05, 3.63) is 28.0 Å². The molecule has 0 aliphatic heterocycles. The molecule has 1 heterocycles. The molecule has 0 saturated heterocycles. The van der Waals surface area contributed by atoms with Crippen LogP contribution in [0, 0.1) is 11.9 Å². The van der Waals surface area contributed by atoms with Crippen LogP contribution >= 0.6 is 15.9 Å². The Kier molecular flexibility index (Phi) is 2.37. The molecule has 0 amide bonds. The predicted octanol–water partition coefficient (Wildman–Crippen LogP) is 1.82. The fraction of sp³-hybridized carbons (Fsp3) is 0. The summed E-state index contributed by atoms with van der Waals surface area (Å²) >= 11 is 2.68. The second-order valence-corrected chi connectivity index (χ2v) is 2.76. The van der Waals surface area contributed by atoms with E-state index in [1.807, 2.05) is 0 Å². The first-order valence-electron chi connectivity index (χ1n) is 2.77. The third-order valence-electron chi connectivity index (χ3n) is 1.12. The van der Waals surface area contributed by atoms with Crippen LogP contribution in [-0.2, 0) is 0 Å². The molecule has 1 N–H and O–H groups in total. The SMILES string of the molecule is O=C(O)c1cc(Br)c(F)nc1F. The number of pyridine rings is 1. The molecule has 0 bridgehead atoms. The van der Waals surface area contributed by atoms with Crippen LogP contribution in [0.5, 0.6) is 0 Å². The van der Waals surface area contributed by atoms with Gasteiger partial charge in [-0.05, 0) is 22.0 Å². The van der Waals surface area contributed by atoms with Crippen LogP contribution < -0.4 is 0 Å². The van der Waals surface area contributed by atoms with Gasteiger partial charge >= 0.3 is 5.97 Å². The minimum Gasteiger partial charge on any atom is -0.478 e. The van der Waals surface area contributed by atoms with Crippen molar-refractivity contribution in [2.75, 3.05) is 0 Å². The van der Waals surface area contributed by atoms with Crippen molar-refractivity contribution in [3.8, 4) is 0 Å². The molecule has 64 valence electrons. The van der Waals surface area contributed by atoms with E-state index in [0.717, 1.165) is 6.07 Å². The molecule has 3 nitrogen and oxygen atoms in total. The summed E-state index contributed by atoms with van der Waals surface area (Å²) in [6.07, 6.45) is 0. The minimum absolute atomic E-state index is 0.179. The lowest BCUT2D eigenvalue weighted by atomic mass is 10.3. The van der Waals surface area contributed by atoms with Gasteiger partial charge in [0.15, 0.2) is 0 Å². The second kappa shape index (κ2) is 3.14. The van der Waals surface area contributed by atoms with E-state index in [-0.39, 0.29) is 4.47 Å². The molecule has 0 spiro atoms. The summed E-state index contributed by atoms with van der Waals surface area (Å²) in [5, 5.41) is 8.36. The van der Waals surface area contributed by atoms with Gasteiger partial charge in [-0.3, -0.25) is 0 Å². The van der Waals surface area contributed by atoms with Gasteiger partial charge in [-0.25, -0.2) is 4.79 Å². The topological polar surface area (TPSA) is 50.2 Å². The number of carbonyl (C=O) groups is 1. The zero-order valence-electron chi connectivity index (χ0n) is 5.51. The Morgan fingerprint density at radius 1 is 1.50 bits per heavy atom. The smallest absolute Gasteiger partial charge is 0.340 e. The molecule has 0 aliphatic rings. The van der Waals surface area contributed by atoms with Crippen LogP contribution in [0.2, 0.25) is 0 Å². The lowest BCUT2D eigenvalue weighted by Gasteiger charge is -1.97. The third kappa shape index (κ3) is 1.58. The van der Waals surface area contributed by atoms with Gasteiger partial charge in [0, 0.05) is 0 Å². The van der Waals surface area contributed by atoms with Crippen LogP contribution in [-0.4, -0.2) is 16.1 Å². The Bertz CT molecular complexity index is 343. The lowest BCUT2D eigenvalue weighted by molar-refractivity contribution is 0.0690.